The molecule has 28 heavy (non-hydrogen) atoms. The van der Waals surface area contributed by atoms with Crippen LogP contribution in [0.3, 0.4) is 0 Å². The van der Waals surface area contributed by atoms with Crippen molar-refractivity contribution in [1.82, 2.24) is 5.32 Å². The topological polar surface area (TPSA) is 88.7 Å². The maximum absolute atomic E-state index is 12.8. The number of ether oxygens (including phenoxy) is 2. The molecule has 8 heteroatoms. The largest absolute Gasteiger partial charge is 0.495 e. The number of halogens is 1. The van der Waals surface area contributed by atoms with E-state index in [4.69, 9.17) is 21.1 Å². The molecule has 2 aromatic rings. The molecule has 2 aromatic carbocycles. The monoisotopic (exact) mass is 405 g/mol. The standard InChI is InChI=1S/C20H24ClN3O4/c1-12(2)18(24-20(26)22-13-8-6-5-7-9-13)19(25)23-15-10-14(21)16(27-3)11-17(15)28-4/h5-12,18H,1-4H3,(H,23,25)(H2,22,24,26). The fourth-order valence-electron chi connectivity index (χ4n) is 2.53. The molecule has 1 atom stereocenters. The van der Waals surface area contributed by atoms with E-state index in [2.05, 4.69) is 16.0 Å². The molecule has 0 heterocycles. The lowest BCUT2D eigenvalue weighted by atomic mass is 10.0. The van der Waals surface area contributed by atoms with E-state index in [-0.39, 0.29) is 5.92 Å². The van der Waals surface area contributed by atoms with Crippen molar-refractivity contribution in [3.05, 3.63) is 47.5 Å². The maximum Gasteiger partial charge on any atom is 0.319 e. The Kier molecular flexibility index (Phi) is 7.52. The average molecular weight is 406 g/mol. The van der Waals surface area contributed by atoms with E-state index in [1.54, 1.807) is 24.3 Å². The van der Waals surface area contributed by atoms with Crippen LogP contribution in [0.1, 0.15) is 13.8 Å². The van der Waals surface area contributed by atoms with Gasteiger partial charge in [-0.25, -0.2) is 4.79 Å². The Morgan fingerprint density at radius 3 is 2.18 bits per heavy atom. The molecule has 0 aromatic heterocycles. The van der Waals surface area contributed by atoms with Crippen LogP contribution in [0.5, 0.6) is 11.5 Å². The quantitative estimate of drug-likeness (QED) is 0.645. The van der Waals surface area contributed by atoms with Gasteiger partial charge in [0.05, 0.1) is 24.9 Å². The summed E-state index contributed by atoms with van der Waals surface area (Å²) in [6, 6.07) is 10.9. The Balaban J connectivity index is 2.13. The molecular weight excluding hydrogens is 382 g/mol. The number of methoxy groups -OCH3 is 2. The molecule has 0 aliphatic heterocycles. The molecule has 0 spiro atoms. The Bertz CT molecular complexity index is 828. The van der Waals surface area contributed by atoms with E-state index in [0.717, 1.165) is 0 Å². The number of amides is 3. The van der Waals surface area contributed by atoms with Crippen LogP contribution in [-0.4, -0.2) is 32.2 Å². The third-order valence-corrected chi connectivity index (χ3v) is 4.29. The predicted octanol–water partition coefficient (Wildman–Crippen LogP) is 4.14. The summed E-state index contributed by atoms with van der Waals surface area (Å²) in [4.78, 5) is 25.1. The fourth-order valence-corrected chi connectivity index (χ4v) is 2.77. The van der Waals surface area contributed by atoms with Crippen LogP contribution in [0.2, 0.25) is 5.02 Å². The third kappa shape index (κ3) is 5.53. The summed E-state index contributed by atoms with van der Waals surface area (Å²) in [6.45, 7) is 3.68. The Morgan fingerprint density at radius 2 is 1.61 bits per heavy atom. The van der Waals surface area contributed by atoms with E-state index in [1.807, 2.05) is 32.0 Å². The highest BCUT2D eigenvalue weighted by Crippen LogP contribution is 2.36. The summed E-state index contributed by atoms with van der Waals surface area (Å²) >= 11 is 6.15. The zero-order chi connectivity index (χ0) is 20.7. The van der Waals surface area contributed by atoms with Crippen LogP contribution in [0.25, 0.3) is 0 Å². The molecule has 0 saturated heterocycles. The van der Waals surface area contributed by atoms with Gasteiger partial charge in [-0.3, -0.25) is 4.79 Å². The van der Waals surface area contributed by atoms with Gasteiger partial charge in [0.1, 0.15) is 17.5 Å². The van der Waals surface area contributed by atoms with E-state index >= 15 is 0 Å². The van der Waals surface area contributed by atoms with Gasteiger partial charge < -0.3 is 25.4 Å². The highest BCUT2D eigenvalue weighted by atomic mass is 35.5. The molecule has 0 saturated carbocycles. The number of hydrogen-bond acceptors (Lipinski definition) is 4. The Hall–Kier alpha value is -2.93. The lowest BCUT2D eigenvalue weighted by molar-refractivity contribution is -0.118. The normalized spacial score (nSPS) is 11.5. The Morgan fingerprint density at radius 1 is 0.964 bits per heavy atom. The zero-order valence-electron chi connectivity index (χ0n) is 16.2. The number of benzene rings is 2. The van der Waals surface area contributed by atoms with Crippen LogP contribution < -0.4 is 25.4 Å². The molecule has 150 valence electrons. The number of hydrogen-bond donors (Lipinski definition) is 3. The number of urea groups is 1. The second-order valence-corrected chi connectivity index (χ2v) is 6.77. The van der Waals surface area contributed by atoms with Gasteiger partial charge in [0.2, 0.25) is 5.91 Å². The van der Waals surface area contributed by atoms with Gasteiger partial charge in [0, 0.05) is 11.8 Å². The summed E-state index contributed by atoms with van der Waals surface area (Å²) in [5, 5.41) is 8.49. The number of para-hydroxylation sites is 1. The molecule has 0 aliphatic carbocycles. The first kappa shape index (κ1) is 21.4. The molecule has 0 radical (unpaired) electrons. The van der Waals surface area contributed by atoms with Gasteiger partial charge in [-0.2, -0.15) is 0 Å². The van der Waals surface area contributed by atoms with E-state index < -0.39 is 18.0 Å². The molecule has 2 rings (SSSR count). The van der Waals surface area contributed by atoms with Crippen molar-refractivity contribution in [2.75, 3.05) is 24.9 Å². The fraction of sp³-hybridized carbons (Fsp3) is 0.300. The lowest BCUT2D eigenvalue weighted by Crippen LogP contribution is -2.48. The first-order chi connectivity index (χ1) is 13.3. The number of carbonyl (C=O) groups excluding carboxylic acids is 2. The van der Waals surface area contributed by atoms with Crippen LogP contribution in [-0.2, 0) is 4.79 Å². The minimum atomic E-state index is -0.769. The molecule has 0 fully saturated rings. The van der Waals surface area contributed by atoms with E-state index in [1.165, 1.54) is 14.2 Å². The second-order valence-electron chi connectivity index (χ2n) is 6.36. The summed E-state index contributed by atoms with van der Waals surface area (Å²) < 4.78 is 10.4. The number of nitrogens with one attached hydrogen (secondary N) is 3. The van der Waals surface area contributed by atoms with Gasteiger partial charge in [0.25, 0.3) is 0 Å². The van der Waals surface area contributed by atoms with Gasteiger partial charge in [-0.1, -0.05) is 43.6 Å². The van der Waals surface area contributed by atoms with Crippen LogP contribution in [0.4, 0.5) is 16.2 Å². The van der Waals surface area contributed by atoms with E-state index in [0.29, 0.717) is 27.9 Å². The summed E-state index contributed by atoms with van der Waals surface area (Å²) in [7, 11) is 2.97. The SMILES string of the molecule is COc1cc(OC)c(NC(=O)C(NC(=O)Nc2ccccc2)C(C)C)cc1Cl. The minimum absolute atomic E-state index is 0.152. The van der Waals surface area contributed by atoms with Crippen molar-refractivity contribution >= 4 is 34.9 Å². The third-order valence-electron chi connectivity index (χ3n) is 4.00. The molecule has 0 bridgehead atoms. The molecule has 1 unspecified atom stereocenters. The Labute approximate surface area is 169 Å². The first-order valence-corrected chi connectivity index (χ1v) is 9.08. The van der Waals surface area contributed by atoms with Gasteiger partial charge in [-0.05, 0) is 24.1 Å². The minimum Gasteiger partial charge on any atom is -0.495 e. The van der Waals surface area contributed by atoms with Crippen molar-refractivity contribution in [3.63, 3.8) is 0 Å². The van der Waals surface area contributed by atoms with Gasteiger partial charge in [-0.15, -0.1) is 0 Å². The number of carbonyl (C=O) groups is 2. The smallest absolute Gasteiger partial charge is 0.319 e. The van der Waals surface area contributed by atoms with Crippen molar-refractivity contribution in [2.24, 2.45) is 5.92 Å². The van der Waals surface area contributed by atoms with Crippen LogP contribution in [0, 0.1) is 5.92 Å². The first-order valence-electron chi connectivity index (χ1n) is 8.70. The van der Waals surface area contributed by atoms with Crippen molar-refractivity contribution in [3.8, 4) is 11.5 Å². The van der Waals surface area contributed by atoms with Crippen LogP contribution in [0.15, 0.2) is 42.5 Å². The summed E-state index contributed by atoms with van der Waals surface area (Å²) in [5.74, 6) is 0.280. The van der Waals surface area contributed by atoms with Gasteiger partial charge >= 0.3 is 6.03 Å². The lowest BCUT2D eigenvalue weighted by Gasteiger charge is -2.23. The molecule has 7 nitrogen and oxygen atoms in total. The molecule has 3 amide bonds. The van der Waals surface area contributed by atoms with Crippen LogP contribution >= 0.6 is 11.6 Å². The molecule has 3 N–H and O–H groups in total. The average Bonchev–Trinajstić information content (AvgIpc) is 2.66. The zero-order valence-corrected chi connectivity index (χ0v) is 17.0. The highest BCUT2D eigenvalue weighted by Gasteiger charge is 2.25. The number of rotatable bonds is 7. The second kappa shape index (κ2) is 9.85. The van der Waals surface area contributed by atoms with Crippen molar-refractivity contribution in [2.45, 2.75) is 19.9 Å². The highest BCUT2D eigenvalue weighted by molar-refractivity contribution is 6.32. The predicted molar refractivity (Wildman–Crippen MR) is 110 cm³/mol. The molecule has 0 aliphatic rings. The van der Waals surface area contributed by atoms with Crippen molar-refractivity contribution < 1.29 is 19.1 Å². The van der Waals surface area contributed by atoms with E-state index in [9.17, 15) is 9.59 Å². The molecular formula is C20H24ClN3O4. The summed E-state index contributed by atoms with van der Waals surface area (Å²) in [5.41, 5.74) is 1.01. The van der Waals surface area contributed by atoms with Gasteiger partial charge in [0.15, 0.2) is 0 Å². The summed E-state index contributed by atoms with van der Waals surface area (Å²) in [6.07, 6.45) is 0. The van der Waals surface area contributed by atoms with Crippen molar-refractivity contribution in [1.29, 1.82) is 0 Å². The number of anilines is 2. The maximum atomic E-state index is 12.8.